The maximum absolute atomic E-state index is 13.7. The third-order valence-corrected chi connectivity index (χ3v) is 6.65. The molecule has 0 fully saturated rings. The number of nitrogens with two attached hydrogens (primary N) is 1. The summed E-state index contributed by atoms with van der Waals surface area (Å²) >= 11 is 6.20. The topological polar surface area (TPSA) is 81.9 Å². The molecule has 1 aliphatic heterocycles. The first-order valence-electron chi connectivity index (χ1n) is 12.1. The zero-order valence-electron chi connectivity index (χ0n) is 20.5. The van der Waals surface area contributed by atoms with Crippen molar-refractivity contribution in [1.29, 1.82) is 0 Å². The Balaban J connectivity index is 1.65. The third kappa shape index (κ3) is 5.16. The monoisotopic (exact) mass is 506 g/mol. The minimum atomic E-state index is -1.16. The molecule has 3 aromatic rings. The van der Waals surface area contributed by atoms with E-state index in [4.69, 9.17) is 26.8 Å². The average Bonchev–Trinajstić information content (AvgIpc) is 3.12. The Morgan fingerprint density at radius 2 is 1.64 bits per heavy atom. The number of ether oxygens (including phenoxy) is 2. The zero-order chi connectivity index (χ0) is 25.7. The van der Waals surface area contributed by atoms with Crippen LogP contribution in [0, 0.1) is 5.92 Å². The van der Waals surface area contributed by atoms with Crippen LogP contribution >= 0.6 is 11.6 Å². The molecule has 1 aliphatic rings. The van der Waals surface area contributed by atoms with Crippen molar-refractivity contribution < 1.29 is 19.1 Å². The molecule has 4 rings (SSSR count). The number of benzene rings is 3. The van der Waals surface area contributed by atoms with E-state index >= 15 is 0 Å². The van der Waals surface area contributed by atoms with E-state index in [1.165, 1.54) is 0 Å². The number of amides is 1. The van der Waals surface area contributed by atoms with Gasteiger partial charge in [-0.05, 0) is 29.7 Å². The largest absolute Gasteiger partial charge is 0.464 e. The van der Waals surface area contributed by atoms with Gasteiger partial charge in [0.2, 0.25) is 0 Å². The van der Waals surface area contributed by atoms with Crippen LogP contribution in [0.5, 0.6) is 0 Å². The van der Waals surface area contributed by atoms with Crippen LogP contribution < -0.4 is 5.73 Å². The fraction of sp³-hybridized carbons (Fsp3) is 0.310. The van der Waals surface area contributed by atoms with Crippen LogP contribution in [0.3, 0.4) is 0 Å². The molecular weight excluding hydrogens is 476 g/mol. The van der Waals surface area contributed by atoms with Crippen molar-refractivity contribution in [2.24, 2.45) is 11.7 Å². The smallest absolute Gasteiger partial charge is 0.323 e. The van der Waals surface area contributed by atoms with Gasteiger partial charge in [0.15, 0.2) is 5.72 Å². The van der Waals surface area contributed by atoms with Crippen LogP contribution in [0.1, 0.15) is 47.3 Å². The highest BCUT2D eigenvalue weighted by molar-refractivity contribution is 6.30. The number of carbonyl (C=O) groups excluding carboxylic acids is 2. The maximum Gasteiger partial charge on any atom is 0.323 e. The van der Waals surface area contributed by atoms with Gasteiger partial charge >= 0.3 is 5.97 Å². The summed E-state index contributed by atoms with van der Waals surface area (Å²) in [7, 11) is 0. The molecule has 3 aromatic carbocycles. The Hall–Kier alpha value is -3.19. The zero-order valence-corrected chi connectivity index (χ0v) is 21.3. The van der Waals surface area contributed by atoms with Gasteiger partial charge in [0.25, 0.3) is 5.91 Å². The first-order chi connectivity index (χ1) is 17.3. The van der Waals surface area contributed by atoms with Crippen molar-refractivity contribution in [1.82, 2.24) is 4.90 Å². The first-order valence-corrected chi connectivity index (χ1v) is 12.5. The summed E-state index contributed by atoms with van der Waals surface area (Å²) in [4.78, 5) is 27.6. The number of rotatable bonds is 10. The number of carbonyl (C=O) groups is 2. The number of halogens is 1. The molecular formula is C29H31ClN2O4. The highest BCUT2D eigenvalue weighted by atomic mass is 35.5. The number of esters is 1. The minimum Gasteiger partial charge on any atom is -0.464 e. The predicted octanol–water partition coefficient (Wildman–Crippen LogP) is 5.13. The molecule has 36 heavy (non-hydrogen) atoms. The predicted molar refractivity (Wildman–Crippen MR) is 139 cm³/mol. The highest BCUT2D eigenvalue weighted by Gasteiger charge is 2.52. The Morgan fingerprint density at radius 1 is 0.972 bits per heavy atom. The lowest BCUT2D eigenvalue weighted by Crippen LogP contribution is -2.46. The second kappa shape index (κ2) is 11.2. The van der Waals surface area contributed by atoms with Gasteiger partial charge < -0.3 is 15.2 Å². The Morgan fingerprint density at radius 3 is 2.33 bits per heavy atom. The van der Waals surface area contributed by atoms with E-state index in [2.05, 4.69) is 0 Å². The van der Waals surface area contributed by atoms with E-state index in [9.17, 15) is 9.59 Å². The fourth-order valence-corrected chi connectivity index (χ4v) is 4.52. The second-order valence-corrected chi connectivity index (χ2v) is 9.65. The molecule has 1 heterocycles. The molecule has 0 bridgehead atoms. The van der Waals surface area contributed by atoms with Gasteiger partial charge in [0, 0.05) is 34.7 Å². The van der Waals surface area contributed by atoms with Crippen LogP contribution in [-0.4, -0.2) is 36.0 Å². The van der Waals surface area contributed by atoms with E-state index in [1.54, 1.807) is 17.0 Å². The van der Waals surface area contributed by atoms with Crippen molar-refractivity contribution in [2.45, 2.75) is 38.6 Å². The summed E-state index contributed by atoms with van der Waals surface area (Å²) < 4.78 is 12.0. The second-order valence-electron chi connectivity index (χ2n) is 9.21. The normalized spacial score (nSPS) is 17.8. The summed E-state index contributed by atoms with van der Waals surface area (Å²) in [6.45, 7) is 4.53. The summed E-state index contributed by atoms with van der Waals surface area (Å²) in [5, 5.41) is 0.592. The van der Waals surface area contributed by atoms with Gasteiger partial charge in [0.1, 0.15) is 6.04 Å². The maximum atomic E-state index is 13.7. The third-order valence-electron chi connectivity index (χ3n) is 6.40. The summed E-state index contributed by atoms with van der Waals surface area (Å²) in [5.74, 6) is -0.544. The molecule has 7 heteroatoms. The van der Waals surface area contributed by atoms with Crippen molar-refractivity contribution >= 4 is 23.5 Å². The number of hydrogen-bond donors (Lipinski definition) is 1. The Bertz CT molecular complexity index is 1200. The summed E-state index contributed by atoms with van der Waals surface area (Å²) in [5.41, 5.74) is 7.86. The molecule has 0 aromatic heterocycles. The van der Waals surface area contributed by atoms with Gasteiger partial charge in [-0.2, -0.15) is 0 Å². The van der Waals surface area contributed by atoms with Crippen molar-refractivity contribution in [3.05, 3.63) is 106 Å². The summed E-state index contributed by atoms with van der Waals surface area (Å²) in [6.07, 6.45) is 0.446. The Labute approximate surface area is 217 Å². The lowest BCUT2D eigenvalue weighted by molar-refractivity contribution is -0.148. The van der Waals surface area contributed by atoms with Crippen molar-refractivity contribution in [3.8, 4) is 0 Å². The fourth-order valence-electron chi connectivity index (χ4n) is 4.39. The molecule has 1 unspecified atom stereocenters. The number of hydrogen-bond acceptors (Lipinski definition) is 5. The molecule has 6 nitrogen and oxygen atoms in total. The molecule has 1 amide bonds. The molecule has 0 radical (unpaired) electrons. The molecule has 0 spiro atoms. The van der Waals surface area contributed by atoms with Gasteiger partial charge in [-0.1, -0.05) is 86.1 Å². The molecule has 0 aliphatic carbocycles. The Kier molecular flexibility index (Phi) is 8.09. The first kappa shape index (κ1) is 25.9. The number of fused-ring (bicyclic) bond motifs is 1. The molecule has 188 valence electrons. The van der Waals surface area contributed by atoms with Crippen molar-refractivity contribution in [2.75, 3.05) is 13.2 Å². The lowest BCUT2D eigenvalue weighted by atomic mass is 9.93. The van der Waals surface area contributed by atoms with E-state index in [0.29, 0.717) is 23.6 Å². The van der Waals surface area contributed by atoms with Crippen molar-refractivity contribution in [3.63, 3.8) is 0 Å². The van der Waals surface area contributed by atoms with E-state index in [1.807, 2.05) is 80.6 Å². The van der Waals surface area contributed by atoms with Gasteiger partial charge in [-0.3, -0.25) is 14.5 Å². The van der Waals surface area contributed by atoms with E-state index in [0.717, 1.165) is 16.7 Å². The molecule has 0 saturated heterocycles. The summed E-state index contributed by atoms with van der Waals surface area (Å²) in [6, 6.07) is 24.0. The van der Waals surface area contributed by atoms with Crippen LogP contribution in [0.25, 0.3) is 0 Å². The van der Waals surface area contributed by atoms with Crippen LogP contribution in [0.2, 0.25) is 5.02 Å². The molecule has 2 N–H and O–H groups in total. The standard InChI is InChI=1S/C29H31ClN2O4/c1-20(2)26(31)28(34)35-17-8-18-36-29(22-13-15-23(30)16-14-22)25-12-7-6-11-24(25)27(33)32(29)19-21-9-4-3-5-10-21/h3-7,9-16,20,26H,8,17-19,31H2,1-2H3/t26-,29?/m0/s1. The molecule has 0 saturated carbocycles. The van der Waals surface area contributed by atoms with E-state index in [-0.39, 0.29) is 25.0 Å². The minimum absolute atomic E-state index is 0.00512. The van der Waals surface area contributed by atoms with Crippen LogP contribution in [0.15, 0.2) is 78.9 Å². The lowest BCUT2D eigenvalue weighted by Gasteiger charge is -2.39. The van der Waals surface area contributed by atoms with Gasteiger partial charge in [-0.25, -0.2) is 0 Å². The van der Waals surface area contributed by atoms with E-state index < -0.39 is 17.7 Å². The highest BCUT2D eigenvalue weighted by Crippen LogP contribution is 2.46. The van der Waals surface area contributed by atoms with Crippen LogP contribution in [-0.2, 0) is 26.5 Å². The average molecular weight is 507 g/mol. The SMILES string of the molecule is CC(C)[C@H](N)C(=O)OCCCOC1(c2ccc(Cl)cc2)c2ccccc2C(=O)N1Cc1ccccc1. The van der Waals surface area contributed by atoms with Gasteiger partial charge in [-0.15, -0.1) is 0 Å². The van der Waals surface area contributed by atoms with Gasteiger partial charge in [0.05, 0.1) is 13.2 Å². The van der Waals surface area contributed by atoms with Crippen LogP contribution in [0.4, 0.5) is 0 Å². The molecule has 2 atom stereocenters. The number of nitrogens with zero attached hydrogens (tertiary/aromatic N) is 1. The quantitative estimate of drug-likeness (QED) is 0.304.